The highest BCUT2D eigenvalue weighted by atomic mass is 19.4. The molecular weight excluding hydrogens is 512 g/mol. The first-order valence-corrected chi connectivity index (χ1v) is 11.1. The first-order valence-electron chi connectivity index (χ1n) is 11.1. The van der Waals surface area contributed by atoms with Gasteiger partial charge in [-0.1, -0.05) is 0 Å². The lowest BCUT2D eigenvalue weighted by Crippen LogP contribution is -2.38. The van der Waals surface area contributed by atoms with Crippen molar-refractivity contribution < 1.29 is 45.4 Å². The first-order chi connectivity index (χ1) is 17.3. The van der Waals surface area contributed by atoms with Crippen molar-refractivity contribution in [2.45, 2.75) is 44.9 Å². The molecule has 2 aromatic rings. The van der Waals surface area contributed by atoms with Crippen LogP contribution >= 0.6 is 0 Å². The van der Waals surface area contributed by atoms with Crippen LogP contribution in [0.3, 0.4) is 0 Å². The zero-order valence-corrected chi connectivity index (χ0v) is 19.3. The number of hydrogen-bond acceptors (Lipinski definition) is 6. The third-order valence-corrected chi connectivity index (χ3v) is 5.80. The molecule has 0 spiro atoms. The van der Waals surface area contributed by atoms with Crippen LogP contribution in [0, 0.1) is 5.92 Å². The molecule has 2 aliphatic rings. The van der Waals surface area contributed by atoms with Crippen molar-refractivity contribution in [2.75, 3.05) is 19.8 Å². The van der Waals surface area contributed by atoms with Gasteiger partial charge in [0.25, 0.3) is 5.91 Å². The summed E-state index contributed by atoms with van der Waals surface area (Å²) >= 11 is 0. The van der Waals surface area contributed by atoms with Crippen molar-refractivity contribution in [1.29, 1.82) is 0 Å². The minimum Gasteiger partial charge on any atom is -0.490 e. The predicted molar refractivity (Wildman–Crippen MR) is 114 cm³/mol. The molecule has 1 unspecified atom stereocenters. The van der Waals surface area contributed by atoms with Crippen LogP contribution in [0.2, 0.25) is 0 Å². The van der Waals surface area contributed by atoms with Crippen molar-refractivity contribution in [3.8, 4) is 0 Å². The quantitative estimate of drug-likeness (QED) is 0.392. The predicted octanol–water partition coefficient (Wildman–Crippen LogP) is 4.22. The Balaban J connectivity index is 1.26. The van der Waals surface area contributed by atoms with Gasteiger partial charge in [-0.3, -0.25) is 9.59 Å². The van der Waals surface area contributed by atoms with Crippen LogP contribution in [0.4, 0.5) is 26.3 Å². The number of alkyl halides is 6. The Morgan fingerprint density at radius 2 is 1.95 bits per heavy atom. The molecule has 15 heteroatoms. The zero-order chi connectivity index (χ0) is 27.0. The smallest absolute Gasteiger partial charge is 0.417 e. The molecule has 0 saturated heterocycles. The van der Waals surface area contributed by atoms with Gasteiger partial charge >= 0.3 is 12.4 Å². The van der Waals surface area contributed by atoms with Crippen molar-refractivity contribution >= 4 is 22.8 Å². The number of nitrogens with zero attached hydrogens (tertiary/aromatic N) is 5. The van der Waals surface area contributed by atoms with Crippen LogP contribution in [0.1, 0.15) is 24.6 Å². The summed E-state index contributed by atoms with van der Waals surface area (Å²) in [4.78, 5) is 29.6. The van der Waals surface area contributed by atoms with Gasteiger partial charge in [-0.25, -0.2) is 4.98 Å². The number of ether oxygens (including phenoxy) is 2. The maximum atomic E-state index is 13.1. The van der Waals surface area contributed by atoms with Gasteiger partial charge in [0.2, 0.25) is 5.91 Å². The molecule has 2 atom stereocenters. The van der Waals surface area contributed by atoms with Gasteiger partial charge in [-0.05, 0) is 19.1 Å². The summed E-state index contributed by atoms with van der Waals surface area (Å²) in [5, 5.41) is 6.45. The number of fused-ring (bicyclic) bond motifs is 3. The average molecular weight is 533 g/mol. The fourth-order valence-electron chi connectivity index (χ4n) is 4.07. The Hall–Kier alpha value is -3.49. The van der Waals surface area contributed by atoms with E-state index in [0.717, 1.165) is 18.5 Å². The topological polar surface area (TPSA) is 98.4 Å². The number of halogens is 6. The normalized spacial score (nSPS) is 19.1. The van der Waals surface area contributed by atoms with E-state index in [-0.39, 0.29) is 32.1 Å². The van der Waals surface area contributed by atoms with Crippen LogP contribution in [-0.2, 0) is 38.3 Å². The second kappa shape index (κ2) is 10.1. The molecule has 9 nitrogen and oxygen atoms in total. The maximum Gasteiger partial charge on any atom is 0.417 e. The number of carbonyl (C=O) groups excluding carboxylic acids is 2. The second-order valence-electron chi connectivity index (χ2n) is 8.55. The van der Waals surface area contributed by atoms with Gasteiger partial charge in [-0.2, -0.15) is 31.5 Å². The van der Waals surface area contributed by atoms with Gasteiger partial charge in [0.15, 0.2) is 5.92 Å². The monoisotopic (exact) mass is 533 g/mol. The van der Waals surface area contributed by atoms with Crippen molar-refractivity contribution in [3.05, 3.63) is 41.5 Å². The van der Waals surface area contributed by atoms with Gasteiger partial charge < -0.3 is 18.9 Å². The molecule has 2 aliphatic heterocycles. The molecule has 2 amide bonds. The van der Waals surface area contributed by atoms with Crippen molar-refractivity contribution in [1.82, 2.24) is 14.5 Å². The summed E-state index contributed by atoms with van der Waals surface area (Å²) in [5.41, 5.74) is 0.211. The molecule has 4 heterocycles. The summed E-state index contributed by atoms with van der Waals surface area (Å²) in [7, 11) is 0. The molecule has 200 valence electrons. The first kappa shape index (κ1) is 26.6. The maximum absolute atomic E-state index is 13.1. The van der Waals surface area contributed by atoms with E-state index in [1.807, 2.05) is 0 Å². The van der Waals surface area contributed by atoms with E-state index in [4.69, 9.17) is 9.47 Å². The number of carbonyl (C=O) groups is 2. The lowest BCUT2D eigenvalue weighted by Gasteiger charge is -2.29. The van der Waals surface area contributed by atoms with Crippen molar-refractivity contribution in [3.63, 3.8) is 0 Å². The molecule has 0 saturated carbocycles. The molecule has 4 rings (SSSR count). The number of pyridine rings is 1. The zero-order valence-electron chi connectivity index (χ0n) is 19.3. The van der Waals surface area contributed by atoms with E-state index < -0.39 is 41.6 Å². The highest BCUT2D eigenvalue weighted by Gasteiger charge is 2.50. The highest BCUT2D eigenvalue weighted by Crippen LogP contribution is 2.36. The molecule has 0 bridgehead atoms. The van der Waals surface area contributed by atoms with Gasteiger partial charge in [-0.15, -0.1) is 5.11 Å². The van der Waals surface area contributed by atoms with Crippen LogP contribution in [0.15, 0.2) is 40.5 Å². The summed E-state index contributed by atoms with van der Waals surface area (Å²) in [6.07, 6.45) is -8.77. The fraction of sp³-hybridized carbons (Fsp3) is 0.500. The van der Waals surface area contributed by atoms with Crippen molar-refractivity contribution in [2.24, 2.45) is 16.1 Å². The van der Waals surface area contributed by atoms with Gasteiger partial charge in [0.1, 0.15) is 17.5 Å². The van der Waals surface area contributed by atoms with E-state index in [1.54, 1.807) is 15.5 Å². The second-order valence-corrected chi connectivity index (χ2v) is 8.55. The largest absolute Gasteiger partial charge is 0.490 e. The van der Waals surface area contributed by atoms with Gasteiger partial charge in [0.05, 0.1) is 37.9 Å². The van der Waals surface area contributed by atoms with Gasteiger partial charge in [0, 0.05) is 30.4 Å². The summed E-state index contributed by atoms with van der Waals surface area (Å²) in [6, 6.07) is 2.60. The van der Waals surface area contributed by atoms with E-state index >= 15 is 0 Å². The molecule has 2 aromatic heterocycles. The van der Waals surface area contributed by atoms with Crippen LogP contribution in [0.5, 0.6) is 0 Å². The minimum atomic E-state index is -4.88. The van der Waals surface area contributed by atoms with Crippen LogP contribution in [0.25, 0.3) is 11.0 Å². The number of rotatable bonds is 7. The Bertz CT molecular complexity index is 1250. The van der Waals surface area contributed by atoms with E-state index in [9.17, 15) is 35.9 Å². The van der Waals surface area contributed by atoms with E-state index in [1.165, 1.54) is 6.92 Å². The molecule has 0 radical (unpaired) electrons. The Morgan fingerprint density at radius 3 is 2.65 bits per heavy atom. The molecule has 0 aliphatic carbocycles. The molecule has 0 N–H and O–H groups in total. The number of amides is 2. The Labute approximate surface area is 205 Å². The third kappa shape index (κ3) is 5.92. The SMILES string of the molecule is C[C@@H](COCCC(=O)N1CCn2c(cc3cc(C(F)(F)F)cnc32)C1)OC1=CN=NC(=O)C1C(F)(F)F. The molecule has 0 fully saturated rings. The Morgan fingerprint density at radius 1 is 1.19 bits per heavy atom. The average Bonchev–Trinajstić information content (AvgIpc) is 3.17. The molecule has 37 heavy (non-hydrogen) atoms. The van der Waals surface area contributed by atoms with Crippen LogP contribution < -0.4 is 0 Å². The number of azo groups is 1. The summed E-state index contributed by atoms with van der Waals surface area (Å²) < 4.78 is 90.6. The third-order valence-electron chi connectivity index (χ3n) is 5.80. The summed E-state index contributed by atoms with van der Waals surface area (Å²) in [6.45, 7) is 2.12. The van der Waals surface area contributed by atoms with E-state index in [0.29, 0.717) is 29.8 Å². The Kier molecular flexibility index (Phi) is 7.26. The minimum absolute atomic E-state index is 0.0238. The number of hydrogen-bond donors (Lipinski definition) is 0. The lowest BCUT2D eigenvalue weighted by molar-refractivity contribution is -0.183. The number of aromatic nitrogens is 2. The van der Waals surface area contributed by atoms with Crippen LogP contribution in [-0.4, -0.2) is 58.3 Å². The van der Waals surface area contributed by atoms with E-state index in [2.05, 4.69) is 15.2 Å². The highest BCUT2D eigenvalue weighted by molar-refractivity contribution is 5.83. The molecular formula is C22H21F6N5O4. The lowest BCUT2D eigenvalue weighted by atomic mass is 10.1. The standard InChI is InChI=1S/C22H21F6N5O4/c1-12(37-16-9-30-31-20(35)18(16)22(26,27)28)11-36-5-2-17(34)32-3-4-33-15(10-32)7-13-6-14(21(23,24)25)8-29-19(13)33/h6-9,12,18H,2-5,10-11H2,1H3/t12-,18?/m0/s1. The molecule has 0 aromatic carbocycles. The fourth-order valence-corrected chi connectivity index (χ4v) is 4.07. The summed E-state index contributed by atoms with van der Waals surface area (Å²) in [5.74, 6) is -4.94.